The van der Waals surface area contributed by atoms with E-state index in [2.05, 4.69) is 53.6 Å². The molecule has 1 unspecified atom stereocenters. The second kappa shape index (κ2) is 11.2. The fourth-order valence-corrected chi connectivity index (χ4v) is 3.53. The minimum absolute atomic E-state index is 0. The summed E-state index contributed by atoms with van der Waals surface area (Å²) in [4.78, 5) is 15.0. The smallest absolute Gasteiger partial charge is 0.251 e. The second-order valence-corrected chi connectivity index (χ2v) is 6.41. The molecule has 4 nitrogen and oxygen atoms in total. The number of halogens is 2. The second-order valence-electron chi connectivity index (χ2n) is 6.41. The van der Waals surface area contributed by atoms with Gasteiger partial charge in [0.25, 0.3) is 5.91 Å². The van der Waals surface area contributed by atoms with Gasteiger partial charge in [0.1, 0.15) is 0 Å². The van der Waals surface area contributed by atoms with Crippen molar-refractivity contribution in [2.75, 3.05) is 31.5 Å². The Bertz CT molecular complexity index is 721. The molecule has 2 aromatic rings. The van der Waals surface area contributed by atoms with E-state index < -0.39 is 0 Å². The fraction of sp³-hybridized carbons (Fsp3) is 0.381. The molecule has 2 N–H and O–H groups in total. The van der Waals surface area contributed by atoms with Gasteiger partial charge in [-0.1, -0.05) is 44.2 Å². The van der Waals surface area contributed by atoms with E-state index in [4.69, 9.17) is 0 Å². The average molecular weight is 410 g/mol. The molecule has 1 heterocycles. The van der Waals surface area contributed by atoms with E-state index in [1.807, 2.05) is 24.3 Å². The third-order valence-corrected chi connectivity index (χ3v) is 4.97. The fourth-order valence-electron chi connectivity index (χ4n) is 3.53. The van der Waals surface area contributed by atoms with Gasteiger partial charge in [0.15, 0.2) is 0 Å². The standard InChI is InChI=1S/C21H27N3O.2ClH/c1-3-24(4-2)20(16-8-6-5-7-9-16)15-23-21(25)18-10-11-19-17(14-18)12-13-22-19;;/h5-11,14,20,22H,3-4,12-13,15H2,1-2H3,(H,23,25);2*1H. The van der Waals surface area contributed by atoms with Gasteiger partial charge in [-0.15, -0.1) is 24.8 Å². The monoisotopic (exact) mass is 409 g/mol. The normalized spacial score (nSPS) is 13.0. The quantitative estimate of drug-likeness (QED) is 0.715. The first kappa shape index (κ1) is 23.3. The molecule has 1 amide bonds. The zero-order valence-electron chi connectivity index (χ0n) is 15.9. The molecule has 1 aliphatic heterocycles. The first-order valence-electron chi connectivity index (χ1n) is 9.17. The minimum atomic E-state index is 0. The van der Waals surface area contributed by atoms with Crippen LogP contribution in [0.15, 0.2) is 48.5 Å². The molecule has 3 rings (SSSR count). The number of nitrogens with zero attached hydrogens (tertiary/aromatic N) is 1. The molecule has 0 aromatic heterocycles. The van der Waals surface area contributed by atoms with E-state index in [1.54, 1.807) is 0 Å². The SMILES string of the molecule is CCN(CC)C(CNC(=O)c1ccc2c(c1)CCN2)c1ccccc1.Cl.Cl. The van der Waals surface area contributed by atoms with Crippen LogP contribution in [0.4, 0.5) is 5.69 Å². The van der Waals surface area contributed by atoms with Gasteiger partial charge in [0.05, 0.1) is 6.04 Å². The van der Waals surface area contributed by atoms with Crippen molar-refractivity contribution in [3.05, 3.63) is 65.2 Å². The number of anilines is 1. The van der Waals surface area contributed by atoms with Gasteiger partial charge in [-0.3, -0.25) is 9.69 Å². The van der Waals surface area contributed by atoms with Crippen molar-refractivity contribution in [3.63, 3.8) is 0 Å². The maximum atomic E-state index is 12.6. The molecule has 0 saturated heterocycles. The van der Waals surface area contributed by atoms with Crippen LogP contribution in [0.5, 0.6) is 0 Å². The van der Waals surface area contributed by atoms with Crippen molar-refractivity contribution in [2.45, 2.75) is 26.3 Å². The maximum absolute atomic E-state index is 12.6. The summed E-state index contributed by atoms with van der Waals surface area (Å²) in [5.74, 6) is 0.00258. The Kier molecular flexibility index (Phi) is 9.64. The Balaban J connectivity index is 0.00000182. The van der Waals surface area contributed by atoms with Gasteiger partial charge >= 0.3 is 0 Å². The number of fused-ring (bicyclic) bond motifs is 1. The molecule has 0 fully saturated rings. The topological polar surface area (TPSA) is 44.4 Å². The largest absolute Gasteiger partial charge is 0.384 e. The molecule has 0 aliphatic carbocycles. The molecule has 0 spiro atoms. The van der Waals surface area contributed by atoms with Gasteiger partial charge in [-0.25, -0.2) is 0 Å². The number of hydrogen-bond acceptors (Lipinski definition) is 3. The van der Waals surface area contributed by atoms with Gasteiger partial charge in [-0.2, -0.15) is 0 Å². The van der Waals surface area contributed by atoms with Crippen LogP contribution in [0.2, 0.25) is 0 Å². The van der Waals surface area contributed by atoms with Gasteiger partial charge in [0.2, 0.25) is 0 Å². The highest BCUT2D eigenvalue weighted by molar-refractivity contribution is 5.95. The van der Waals surface area contributed by atoms with E-state index in [1.165, 1.54) is 11.1 Å². The van der Waals surface area contributed by atoms with Gasteiger partial charge in [-0.05, 0) is 48.8 Å². The molecule has 6 heteroatoms. The molecule has 0 saturated carbocycles. The molecule has 0 bridgehead atoms. The third-order valence-electron chi connectivity index (χ3n) is 4.97. The zero-order chi connectivity index (χ0) is 17.6. The van der Waals surface area contributed by atoms with E-state index in [0.29, 0.717) is 6.54 Å². The highest BCUT2D eigenvalue weighted by Gasteiger charge is 2.19. The lowest BCUT2D eigenvalue weighted by Crippen LogP contribution is -2.38. The van der Waals surface area contributed by atoms with Crippen LogP contribution in [-0.2, 0) is 6.42 Å². The zero-order valence-corrected chi connectivity index (χ0v) is 17.5. The number of rotatable bonds is 7. The number of carbonyl (C=O) groups excluding carboxylic acids is 1. The van der Waals surface area contributed by atoms with Crippen LogP contribution in [0, 0.1) is 0 Å². The lowest BCUT2D eigenvalue weighted by Gasteiger charge is -2.30. The number of hydrogen-bond donors (Lipinski definition) is 2. The Labute approximate surface area is 174 Å². The summed E-state index contributed by atoms with van der Waals surface area (Å²) < 4.78 is 0. The van der Waals surface area contributed by atoms with Crippen LogP contribution >= 0.6 is 24.8 Å². The van der Waals surface area contributed by atoms with Crippen LogP contribution < -0.4 is 10.6 Å². The summed E-state index contributed by atoms with van der Waals surface area (Å²) in [5.41, 5.74) is 4.37. The Morgan fingerprint density at radius 2 is 1.81 bits per heavy atom. The van der Waals surface area contributed by atoms with Crippen LogP contribution in [0.25, 0.3) is 0 Å². The molecule has 27 heavy (non-hydrogen) atoms. The predicted octanol–water partition coefficient (Wildman–Crippen LogP) is 4.31. The molecule has 2 aromatic carbocycles. The lowest BCUT2D eigenvalue weighted by atomic mass is 10.0. The van der Waals surface area contributed by atoms with Crippen LogP contribution in [-0.4, -0.2) is 37.0 Å². The number of likely N-dealkylation sites (N-methyl/N-ethyl adjacent to an activating group) is 1. The Morgan fingerprint density at radius 3 is 2.48 bits per heavy atom. The summed E-state index contributed by atoms with van der Waals surface area (Å²) in [7, 11) is 0. The molecule has 1 atom stereocenters. The molecule has 1 aliphatic rings. The third kappa shape index (κ3) is 5.61. The minimum Gasteiger partial charge on any atom is -0.384 e. The summed E-state index contributed by atoms with van der Waals surface area (Å²) in [5, 5.41) is 6.47. The lowest BCUT2D eigenvalue weighted by molar-refractivity contribution is 0.0935. The van der Waals surface area contributed by atoms with Crippen molar-refractivity contribution >= 4 is 36.4 Å². The first-order valence-corrected chi connectivity index (χ1v) is 9.17. The van der Waals surface area contributed by atoms with Crippen molar-refractivity contribution in [3.8, 4) is 0 Å². The molecular weight excluding hydrogens is 381 g/mol. The van der Waals surface area contributed by atoms with Crippen molar-refractivity contribution in [1.82, 2.24) is 10.2 Å². The van der Waals surface area contributed by atoms with E-state index in [9.17, 15) is 4.79 Å². The number of nitrogens with one attached hydrogen (secondary N) is 2. The molecule has 0 radical (unpaired) electrons. The van der Waals surface area contributed by atoms with Crippen molar-refractivity contribution in [1.29, 1.82) is 0 Å². The summed E-state index contributed by atoms with van der Waals surface area (Å²) in [6, 6.07) is 16.5. The van der Waals surface area contributed by atoms with E-state index >= 15 is 0 Å². The number of carbonyl (C=O) groups is 1. The summed E-state index contributed by atoms with van der Waals surface area (Å²) in [6.07, 6.45) is 0.989. The Hall–Kier alpha value is -1.75. The number of amides is 1. The molecular formula is C21H29Cl2N3O. The van der Waals surface area contributed by atoms with E-state index in [0.717, 1.165) is 37.3 Å². The summed E-state index contributed by atoms with van der Waals surface area (Å²) in [6.45, 7) is 7.80. The van der Waals surface area contributed by atoms with E-state index in [-0.39, 0.29) is 36.8 Å². The van der Waals surface area contributed by atoms with Gasteiger partial charge in [0, 0.05) is 24.3 Å². The van der Waals surface area contributed by atoms with Crippen molar-refractivity contribution in [2.24, 2.45) is 0 Å². The average Bonchev–Trinajstić information content (AvgIpc) is 3.13. The maximum Gasteiger partial charge on any atom is 0.251 e. The predicted molar refractivity (Wildman–Crippen MR) is 118 cm³/mol. The highest BCUT2D eigenvalue weighted by Crippen LogP contribution is 2.23. The van der Waals surface area contributed by atoms with Crippen LogP contribution in [0.1, 0.15) is 41.4 Å². The van der Waals surface area contributed by atoms with Crippen LogP contribution in [0.3, 0.4) is 0 Å². The Morgan fingerprint density at radius 1 is 1.11 bits per heavy atom. The summed E-state index contributed by atoms with van der Waals surface area (Å²) >= 11 is 0. The van der Waals surface area contributed by atoms with Gasteiger partial charge < -0.3 is 10.6 Å². The first-order chi connectivity index (χ1) is 12.2. The highest BCUT2D eigenvalue weighted by atomic mass is 35.5. The number of benzene rings is 2. The van der Waals surface area contributed by atoms with Crippen molar-refractivity contribution < 1.29 is 4.79 Å². The molecule has 148 valence electrons.